The molecule has 1 heterocycles. The molecule has 0 N–H and O–H groups in total. The van der Waals surface area contributed by atoms with Crippen molar-refractivity contribution in [2.24, 2.45) is 0 Å². The first-order valence-electron chi connectivity index (χ1n) is 4.19. The molecule has 0 bridgehead atoms. The lowest BCUT2D eigenvalue weighted by molar-refractivity contribution is 0.0583. The summed E-state index contributed by atoms with van der Waals surface area (Å²) in [4.78, 5) is 11.2. The zero-order chi connectivity index (χ0) is 9.84. The fourth-order valence-corrected chi connectivity index (χ4v) is 0.993. The summed E-state index contributed by atoms with van der Waals surface area (Å²) >= 11 is 0. The maximum atomic E-state index is 11.2. The Hall–Kier alpha value is -1.39. The topological polar surface area (TPSA) is 57.0 Å². The van der Waals surface area contributed by atoms with Crippen molar-refractivity contribution in [2.75, 3.05) is 7.11 Å². The molecule has 0 aliphatic carbocycles. The highest BCUT2D eigenvalue weighted by molar-refractivity contribution is 5.86. The van der Waals surface area contributed by atoms with E-state index >= 15 is 0 Å². The van der Waals surface area contributed by atoms with E-state index in [4.69, 9.17) is 0 Å². The van der Waals surface area contributed by atoms with E-state index in [1.165, 1.54) is 13.3 Å². The molecule has 1 unspecified atom stereocenters. The molecule has 13 heavy (non-hydrogen) atoms. The van der Waals surface area contributed by atoms with E-state index in [0.717, 1.165) is 6.42 Å². The van der Waals surface area contributed by atoms with Crippen molar-refractivity contribution in [3.8, 4) is 0 Å². The third-order valence-corrected chi connectivity index (χ3v) is 1.98. The minimum atomic E-state index is -0.398. The van der Waals surface area contributed by atoms with Crippen LogP contribution in [-0.2, 0) is 4.74 Å². The third kappa shape index (κ3) is 1.85. The lowest BCUT2D eigenvalue weighted by Crippen LogP contribution is -2.15. The summed E-state index contributed by atoms with van der Waals surface area (Å²) in [6.07, 6.45) is 2.31. The molecule has 0 aliphatic rings. The molecular weight excluding hydrogens is 170 g/mol. The molecule has 0 amide bonds. The Kier molecular flexibility index (Phi) is 3.00. The van der Waals surface area contributed by atoms with Gasteiger partial charge in [-0.3, -0.25) is 0 Å². The van der Waals surface area contributed by atoms with Gasteiger partial charge in [0.2, 0.25) is 0 Å². The molecule has 1 atom stereocenters. The Labute approximate surface area is 76.7 Å². The number of methoxy groups -OCH3 is 1. The fraction of sp³-hybridized carbons (Fsp3) is 0.625. The van der Waals surface area contributed by atoms with Gasteiger partial charge in [0.05, 0.1) is 19.3 Å². The molecule has 0 saturated carbocycles. The van der Waals surface area contributed by atoms with Crippen LogP contribution in [0.3, 0.4) is 0 Å². The van der Waals surface area contributed by atoms with Gasteiger partial charge >= 0.3 is 5.97 Å². The largest absolute Gasteiger partial charge is 0.464 e. The Bertz CT molecular complexity index is 295. The van der Waals surface area contributed by atoms with Crippen LogP contribution in [0.1, 0.15) is 36.8 Å². The van der Waals surface area contributed by atoms with Crippen LogP contribution in [-0.4, -0.2) is 28.1 Å². The van der Waals surface area contributed by atoms with Gasteiger partial charge in [0.25, 0.3) is 0 Å². The fourth-order valence-electron chi connectivity index (χ4n) is 0.993. The first-order valence-corrected chi connectivity index (χ1v) is 4.19. The number of esters is 1. The summed E-state index contributed by atoms with van der Waals surface area (Å²) in [5, 5.41) is 7.49. The van der Waals surface area contributed by atoms with E-state index in [1.54, 1.807) is 4.68 Å². The molecule has 0 fully saturated rings. The van der Waals surface area contributed by atoms with Crippen molar-refractivity contribution in [1.82, 2.24) is 15.0 Å². The van der Waals surface area contributed by atoms with E-state index in [0.29, 0.717) is 5.69 Å². The van der Waals surface area contributed by atoms with Crippen molar-refractivity contribution in [2.45, 2.75) is 26.3 Å². The molecule has 1 aromatic heterocycles. The highest BCUT2D eigenvalue weighted by Crippen LogP contribution is 2.11. The number of carbonyl (C=O) groups is 1. The van der Waals surface area contributed by atoms with Crippen LogP contribution in [0.2, 0.25) is 0 Å². The van der Waals surface area contributed by atoms with E-state index in [-0.39, 0.29) is 6.04 Å². The standard InChI is InChI=1S/C8H13N3O2/c1-4-6(2)11-7(5-9-10-11)8(12)13-3/h5-6H,4H2,1-3H3. The molecular formula is C8H13N3O2. The maximum Gasteiger partial charge on any atom is 0.358 e. The zero-order valence-corrected chi connectivity index (χ0v) is 8.02. The summed E-state index contributed by atoms with van der Waals surface area (Å²) < 4.78 is 6.17. The van der Waals surface area contributed by atoms with Crippen LogP contribution in [0.5, 0.6) is 0 Å². The Balaban J connectivity index is 2.95. The van der Waals surface area contributed by atoms with Crippen molar-refractivity contribution >= 4 is 5.97 Å². The number of carbonyl (C=O) groups excluding carboxylic acids is 1. The minimum Gasteiger partial charge on any atom is -0.464 e. The van der Waals surface area contributed by atoms with Crippen molar-refractivity contribution in [3.05, 3.63) is 11.9 Å². The SMILES string of the molecule is CCC(C)n1nncc1C(=O)OC. The number of rotatable bonds is 3. The molecule has 1 aromatic rings. The summed E-state index contributed by atoms with van der Waals surface area (Å²) in [6, 6.07) is 0.164. The Morgan fingerprint density at radius 1 is 1.77 bits per heavy atom. The summed E-state index contributed by atoms with van der Waals surface area (Å²) in [5.41, 5.74) is 0.400. The highest BCUT2D eigenvalue weighted by Gasteiger charge is 2.16. The lowest BCUT2D eigenvalue weighted by Gasteiger charge is -2.10. The van der Waals surface area contributed by atoms with Crippen molar-refractivity contribution in [1.29, 1.82) is 0 Å². The van der Waals surface area contributed by atoms with Crippen LogP contribution in [0, 0.1) is 0 Å². The summed E-state index contributed by atoms with van der Waals surface area (Å²) in [7, 11) is 1.34. The van der Waals surface area contributed by atoms with Crippen LogP contribution >= 0.6 is 0 Å². The normalized spacial score (nSPS) is 12.5. The average Bonchev–Trinajstić information content (AvgIpc) is 2.63. The smallest absolute Gasteiger partial charge is 0.358 e. The molecule has 0 spiro atoms. The zero-order valence-electron chi connectivity index (χ0n) is 8.02. The van der Waals surface area contributed by atoms with Gasteiger partial charge in [-0.2, -0.15) is 0 Å². The maximum absolute atomic E-state index is 11.2. The van der Waals surface area contributed by atoms with Crippen LogP contribution < -0.4 is 0 Å². The van der Waals surface area contributed by atoms with Crippen molar-refractivity contribution in [3.63, 3.8) is 0 Å². The van der Waals surface area contributed by atoms with E-state index in [2.05, 4.69) is 15.0 Å². The van der Waals surface area contributed by atoms with Gasteiger partial charge in [-0.25, -0.2) is 9.48 Å². The van der Waals surface area contributed by atoms with E-state index in [9.17, 15) is 4.79 Å². The van der Waals surface area contributed by atoms with Gasteiger partial charge in [0.1, 0.15) is 0 Å². The second-order valence-electron chi connectivity index (χ2n) is 2.81. The van der Waals surface area contributed by atoms with Crippen LogP contribution in [0.25, 0.3) is 0 Å². The number of ether oxygens (including phenoxy) is 1. The molecule has 0 radical (unpaired) electrons. The predicted octanol–water partition coefficient (Wildman–Crippen LogP) is 1.04. The quantitative estimate of drug-likeness (QED) is 0.657. The van der Waals surface area contributed by atoms with Gasteiger partial charge in [-0.15, -0.1) is 5.10 Å². The predicted molar refractivity (Wildman–Crippen MR) is 46.4 cm³/mol. The number of nitrogens with zero attached hydrogens (tertiary/aromatic N) is 3. The second-order valence-corrected chi connectivity index (χ2v) is 2.81. The first-order chi connectivity index (χ1) is 6.20. The van der Waals surface area contributed by atoms with Crippen LogP contribution in [0.4, 0.5) is 0 Å². The van der Waals surface area contributed by atoms with Crippen molar-refractivity contribution < 1.29 is 9.53 Å². The highest BCUT2D eigenvalue weighted by atomic mass is 16.5. The Morgan fingerprint density at radius 2 is 2.46 bits per heavy atom. The summed E-state index contributed by atoms with van der Waals surface area (Å²) in [5.74, 6) is -0.398. The Morgan fingerprint density at radius 3 is 3.00 bits per heavy atom. The number of aromatic nitrogens is 3. The third-order valence-electron chi connectivity index (χ3n) is 1.98. The monoisotopic (exact) mass is 183 g/mol. The van der Waals surface area contributed by atoms with Gasteiger partial charge in [-0.05, 0) is 13.3 Å². The molecule has 72 valence electrons. The second kappa shape index (κ2) is 4.02. The van der Waals surface area contributed by atoms with Gasteiger partial charge in [0, 0.05) is 0 Å². The van der Waals surface area contributed by atoms with Gasteiger partial charge < -0.3 is 4.74 Å². The summed E-state index contributed by atoms with van der Waals surface area (Å²) in [6.45, 7) is 3.99. The van der Waals surface area contributed by atoms with E-state index in [1.807, 2.05) is 13.8 Å². The van der Waals surface area contributed by atoms with Gasteiger partial charge in [-0.1, -0.05) is 12.1 Å². The molecule has 5 heteroatoms. The first kappa shape index (κ1) is 9.70. The molecule has 0 aromatic carbocycles. The number of hydrogen-bond acceptors (Lipinski definition) is 4. The van der Waals surface area contributed by atoms with Crippen LogP contribution in [0.15, 0.2) is 6.20 Å². The molecule has 1 rings (SSSR count). The molecule has 0 aliphatic heterocycles. The van der Waals surface area contributed by atoms with Gasteiger partial charge in [0.15, 0.2) is 5.69 Å². The molecule has 5 nitrogen and oxygen atoms in total. The number of hydrogen-bond donors (Lipinski definition) is 0. The molecule has 0 saturated heterocycles. The minimum absolute atomic E-state index is 0.164. The van der Waals surface area contributed by atoms with E-state index < -0.39 is 5.97 Å². The average molecular weight is 183 g/mol. The lowest BCUT2D eigenvalue weighted by atomic mass is 10.2.